The second kappa shape index (κ2) is 13.0. The molecular formula is C26H31F2N3O5. The maximum Gasteiger partial charge on any atom is 0.290 e. The molecule has 0 aromatic heterocycles. The number of amides is 2. The van der Waals surface area contributed by atoms with Crippen molar-refractivity contribution in [3.63, 3.8) is 0 Å². The van der Waals surface area contributed by atoms with Crippen LogP contribution in [0.5, 0.6) is 5.75 Å². The number of hydrogen-bond donors (Lipinski definition) is 1. The zero-order valence-electron chi connectivity index (χ0n) is 20.2. The molecule has 0 unspecified atom stereocenters. The van der Waals surface area contributed by atoms with Gasteiger partial charge in [0.1, 0.15) is 23.9 Å². The summed E-state index contributed by atoms with van der Waals surface area (Å²) in [4.78, 5) is 39.0. The fourth-order valence-electron chi connectivity index (χ4n) is 4.46. The molecule has 2 amide bonds. The number of carbonyl (C=O) groups excluding carboxylic acids is 2. The summed E-state index contributed by atoms with van der Waals surface area (Å²) in [6.07, 6.45) is 3.51. The summed E-state index contributed by atoms with van der Waals surface area (Å²) in [7, 11) is 0. The monoisotopic (exact) mass is 503 g/mol. The lowest BCUT2D eigenvalue weighted by Gasteiger charge is -2.34. The van der Waals surface area contributed by atoms with E-state index in [1.807, 2.05) is 24.3 Å². The Labute approximate surface area is 209 Å². The second-order valence-electron chi connectivity index (χ2n) is 8.72. The quantitative estimate of drug-likeness (QED) is 0.460. The van der Waals surface area contributed by atoms with Crippen molar-refractivity contribution < 1.29 is 33.0 Å². The molecule has 0 aliphatic carbocycles. The Balaban J connectivity index is 0.00000115. The number of likely N-dealkylation sites (tertiary alicyclic amines) is 1. The molecule has 0 bridgehead atoms. The molecule has 2 aliphatic heterocycles. The topological polar surface area (TPSA) is 90.4 Å². The molecule has 2 aromatic rings. The number of piperazine rings is 1. The highest BCUT2D eigenvalue weighted by atomic mass is 19.1. The van der Waals surface area contributed by atoms with Crippen LogP contribution in [0.15, 0.2) is 42.5 Å². The molecule has 2 fully saturated rings. The summed E-state index contributed by atoms with van der Waals surface area (Å²) in [6.45, 7) is 5.26. The van der Waals surface area contributed by atoms with Gasteiger partial charge in [-0.2, -0.15) is 0 Å². The zero-order chi connectivity index (χ0) is 26.1. The molecule has 1 N–H and O–H groups in total. The van der Waals surface area contributed by atoms with Gasteiger partial charge in [-0.25, -0.2) is 8.78 Å². The Kier molecular flexibility index (Phi) is 9.75. The fraction of sp³-hybridized carbons (Fsp3) is 0.423. The van der Waals surface area contributed by atoms with Gasteiger partial charge in [-0.15, -0.1) is 0 Å². The van der Waals surface area contributed by atoms with Crippen molar-refractivity contribution in [1.82, 2.24) is 9.80 Å². The normalized spacial score (nSPS) is 18.0. The fourth-order valence-corrected chi connectivity index (χ4v) is 4.46. The van der Waals surface area contributed by atoms with Gasteiger partial charge in [0, 0.05) is 37.4 Å². The van der Waals surface area contributed by atoms with Gasteiger partial charge >= 0.3 is 0 Å². The number of halogens is 2. The third-order valence-electron chi connectivity index (χ3n) is 6.37. The number of hydrogen-bond acceptors (Lipinski definition) is 5. The van der Waals surface area contributed by atoms with Crippen molar-refractivity contribution in [2.24, 2.45) is 0 Å². The van der Waals surface area contributed by atoms with Crippen LogP contribution in [-0.2, 0) is 9.59 Å². The van der Waals surface area contributed by atoms with E-state index in [-0.39, 0.29) is 31.0 Å². The number of carbonyl (C=O) groups is 3. The van der Waals surface area contributed by atoms with Crippen LogP contribution in [0, 0.1) is 11.6 Å². The van der Waals surface area contributed by atoms with Crippen LogP contribution >= 0.6 is 0 Å². The number of ether oxygens (including phenoxy) is 1. The van der Waals surface area contributed by atoms with E-state index in [4.69, 9.17) is 14.6 Å². The van der Waals surface area contributed by atoms with Gasteiger partial charge < -0.3 is 24.5 Å². The van der Waals surface area contributed by atoms with E-state index in [2.05, 4.69) is 11.8 Å². The predicted octanol–water partition coefficient (Wildman–Crippen LogP) is 3.41. The first-order valence-corrected chi connectivity index (χ1v) is 11.9. The second-order valence-corrected chi connectivity index (χ2v) is 8.72. The van der Waals surface area contributed by atoms with Crippen LogP contribution in [0.2, 0.25) is 0 Å². The van der Waals surface area contributed by atoms with Crippen LogP contribution in [0.25, 0.3) is 0 Å². The molecule has 2 aromatic carbocycles. The summed E-state index contributed by atoms with van der Waals surface area (Å²) in [5.41, 5.74) is 0.483. The van der Waals surface area contributed by atoms with Crippen molar-refractivity contribution in [1.29, 1.82) is 0 Å². The number of carboxylic acid groups (broad SMARTS) is 1. The number of benzene rings is 2. The predicted molar refractivity (Wildman–Crippen MR) is 130 cm³/mol. The van der Waals surface area contributed by atoms with E-state index in [0.717, 1.165) is 36.5 Å². The maximum atomic E-state index is 13.9. The maximum absolute atomic E-state index is 13.9. The van der Waals surface area contributed by atoms with E-state index < -0.39 is 17.5 Å². The minimum Gasteiger partial charge on any atom is -0.494 e. The molecule has 2 saturated heterocycles. The summed E-state index contributed by atoms with van der Waals surface area (Å²) in [5.74, 6) is -1.81. The minimum atomic E-state index is -0.930. The Morgan fingerprint density at radius 2 is 1.86 bits per heavy atom. The standard InChI is InChI=1S/C25H29F2N3O3.CH2O2/c1-18-4-2-11-28(18)12-3-15-33-21-8-6-20(7-9-21)30-14-13-29(17-24(30)31)25(32)22-10-5-19(26)16-23(22)27;2-1-3/h5-10,16,18H,2-4,11-15,17H2,1H3;1H,(H,2,3)/t18-;/m1./s1. The van der Waals surface area contributed by atoms with Crippen LogP contribution in [0.1, 0.15) is 36.5 Å². The highest BCUT2D eigenvalue weighted by Crippen LogP contribution is 2.23. The number of nitrogens with zero attached hydrogens (tertiary/aromatic N) is 3. The molecule has 194 valence electrons. The molecule has 1 atom stereocenters. The first-order chi connectivity index (χ1) is 17.3. The van der Waals surface area contributed by atoms with Gasteiger partial charge in [0.05, 0.1) is 12.2 Å². The first kappa shape index (κ1) is 27.1. The van der Waals surface area contributed by atoms with Crippen LogP contribution in [0.3, 0.4) is 0 Å². The SMILES string of the molecule is C[C@@H]1CCCN1CCCOc1ccc(N2CCN(C(=O)c3ccc(F)cc3F)CC2=O)cc1.O=CO. The first-order valence-electron chi connectivity index (χ1n) is 11.9. The smallest absolute Gasteiger partial charge is 0.290 e. The van der Waals surface area contributed by atoms with E-state index in [1.54, 1.807) is 4.90 Å². The van der Waals surface area contributed by atoms with Gasteiger partial charge in [0.2, 0.25) is 5.91 Å². The van der Waals surface area contributed by atoms with Crippen molar-refractivity contribution in [3.05, 3.63) is 59.7 Å². The largest absolute Gasteiger partial charge is 0.494 e. The average molecular weight is 504 g/mol. The Morgan fingerprint density at radius 3 is 2.47 bits per heavy atom. The van der Waals surface area contributed by atoms with Crippen LogP contribution in [0.4, 0.5) is 14.5 Å². The van der Waals surface area contributed by atoms with Gasteiger partial charge in [-0.3, -0.25) is 14.4 Å². The molecule has 4 rings (SSSR count). The average Bonchev–Trinajstić information content (AvgIpc) is 3.27. The van der Waals surface area contributed by atoms with E-state index >= 15 is 0 Å². The zero-order valence-corrected chi connectivity index (χ0v) is 20.2. The lowest BCUT2D eigenvalue weighted by atomic mass is 10.1. The highest BCUT2D eigenvalue weighted by Gasteiger charge is 2.30. The Hall–Kier alpha value is -3.53. The van der Waals surface area contributed by atoms with Gasteiger partial charge in [-0.1, -0.05) is 0 Å². The molecule has 2 heterocycles. The molecule has 10 heteroatoms. The molecule has 36 heavy (non-hydrogen) atoms. The van der Waals surface area contributed by atoms with Gasteiger partial charge in [-0.05, 0) is 69.1 Å². The minimum absolute atomic E-state index is 0.164. The van der Waals surface area contributed by atoms with Crippen molar-refractivity contribution in [3.8, 4) is 5.75 Å². The van der Waals surface area contributed by atoms with Crippen molar-refractivity contribution in [2.75, 3.05) is 44.2 Å². The van der Waals surface area contributed by atoms with E-state index in [9.17, 15) is 18.4 Å². The third-order valence-corrected chi connectivity index (χ3v) is 6.37. The van der Waals surface area contributed by atoms with E-state index in [0.29, 0.717) is 25.3 Å². The number of rotatable bonds is 7. The molecular weight excluding hydrogens is 472 g/mol. The molecule has 0 saturated carbocycles. The summed E-state index contributed by atoms with van der Waals surface area (Å²) in [5, 5.41) is 6.89. The lowest BCUT2D eigenvalue weighted by molar-refractivity contribution is -0.123. The number of anilines is 1. The molecule has 0 radical (unpaired) electrons. The molecule has 2 aliphatic rings. The molecule has 8 nitrogen and oxygen atoms in total. The van der Waals surface area contributed by atoms with Gasteiger partial charge in [0.25, 0.3) is 12.4 Å². The van der Waals surface area contributed by atoms with Crippen LogP contribution < -0.4 is 9.64 Å². The van der Waals surface area contributed by atoms with Crippen molar-refractivity contribution in [2.45, 2.75) is 32.2 Å². The molecule has 0 spiro atoms. The van der Waals surface area contributed by atoms with Gasteiger partial charge in [0.15, 0.2) is 0 Å². The summed E-state index contributed by atoms with van der Waals surface area (Å²) in [6, 6.07) is 10.8. The van der Waals surface area contributed by atoms with E-state index in [1.165, 1.54) is 24.3 Å². The Bertz CT molecular complexity index is 1050. The third kappa shape index (κ3) is 7.00. The van der Waals surface area contributed by atoms with Crippen molar-refractivity contribution >= 4 is 24.0 Å². The Morgan fingerprint density at radius 1 is 1.14 bits per heavy atom. The summed E-state index contributed by atoms with van der Waals surface area (Å²) < 4.78 is 32.9. The lowest BCUT2D eigenvalue weighted by Crippen LogP contribution is -2.52. The van der Waals surface area contributed by atoms with Crippen LogP contribution in [-0.4, -0.2) is 78.6 Å². The summed E-state index contributed by atoms with van der Waals surface area (Å²) >= 11 is 0. The highest BCUT2D eigenvalue weighted by molar-refractivity contribution is 6.01.